The summed E-state index contributed by atoms with van der Waals surface area (Å²) in [5, 5.41) is 17.7. The van der Waals surface area contributed by atoms with Gasteiger partial charge in [-0.3, -0.25) is 9.59 Å². The monoisotopic (exact) mass is 691 g/mol. The lowest BCUT2D eigenvalue weighted by Gasteiger charge is -2.34. The van der Waals surface area contributed by atoms with E-state index in [1.165, 1.54) is 23.2 Å². The Hall–Kier alpha value is -4.52. The third-order valence-corrected chi connectivity index (χ3v) is 9.81. The minimum Gasteiger partial charge on any atom is -0.479 e. The number of carbonyl (C=O) groups excluding carboxylic acids is 3. The van der Waals surface area contributed by atoms with E-state index in [-0.39, 0.29) is 18.8 Å². The maximum Gasteiger partial charge on any atom is 0.408 e. The van der Waals surface area contributed by atoms with Gasteiger partial charge in [-0.25, -0.2) is 19.6 Å². The molecule has 1 saturated heterocycles. The van der Waals surface area contributed by atoms with E-state index in [9.17, 15) is 24.3 Å². The number of nitrogens with one attached hydrogen (secondary N) is 2. The van der Waals surface area contributed by atoms with Crippen molar-refractivity contribution in [3.05, 3.63) is 53.9 Å². The van der Waals surface area contributed by atoms with Crippen LogP contribution in [-0.4, -0.2) is 79.7 Å². The second-order valence-corrected chi connectivity index (χ2v) is 14.8. The van der Waals surface area contributed by atoms with E-state index in [4.69, 9.17) is 19.4 Å². The first-order valence-corrected chi connectivity index (χ1v) is 17.6. The lowest BCUT2D eigenvalue weighted by atomic mass is 9.86. The zero-order chi connectivity index (χ0) is 35.3. The Morgan fingerprint density at radius 2 is 1.82 bits per heavy atom. The molecule has 1 aromatic carbocycles. The van der Waals surface area contributed by atoms with Crippen molar-refractivity contribution in [2.24, 2.45) is 5.92 Å². The Labute approximate surface area is 290 Å². The van der Waals surface area contributed by atoms with Crippen LogP contribution in [0.2, 0.25) is 0 Å². The number of aromatic nitrogens is 2. The van der Waals surface area contributed by atoms with Gasteiger partial charge in [0.25, 0.3) is 0 Å². The van der Waals surface area contributed by atoms with Crippen molar-refractivity contribution in [3.8, 4) is 16.5 Å². The molecule has 2 aromatic heterocycles. The van der Waals surface area contributed by atoms with Crippen LogP contribution >= 0.6 is 11.3 Å². The van der Waals surface area contributed by atoms with E-state index in [0.29, 0.717) is 36.0 Å². The van der Waals surface area contributed by atoms with Gasteiger partial charge in [-0.15, -0.1) is 11.3 Å². The average Bonchev–Trinajstić information content (AvgIpc) is 3.72. The highest BCUT2D eigenvalue weighted by molar-refractivity contribution is 7.13. The van der Waals surface area contributed by atoms with E-state index in [1.807, 2.05) is 53.9 Å². The second kappa shape index (κ2) is 14.9. The fourth-order valence-electron chi connectivity index (χ4n) is 6.06. The van der Waals surface area contributed by atoms with Gasteiger partial charge >= 0.3 is 12.1 Å². The molecule has 0 bridgehead atoms. The highest BCUT2D eigenvalue weighted by Gasteiger charge is 2.47. The summed E-state index contributed by atoms with van der Waals surface area (Å²) in [6.45, 7) is 8.43. The van der Waals surface area contributed by atoms with Gasteiger partial charge in [-0.2, -0.15) is 0 Å². The van der Waals surface area contributed by atoms with Crippen LogP contribution in [0, 0.1) is 5.92 Å². The number of hydrogen-bond acceptors (Lipinski definition) is 9. The standard InChI is InChI=1S/C36H45N5O7S/c1-22-14-9-7-6-8-10-17-26(39-34(46)48-35(2,3)4)32(43)41-21-23(20-27(41)30(42)40-36(22,5)33(44)45)47-31-29(28-18-13-19-49-28)37-24-15-11-12-16-25(24)38-31/h9,11-16,18-19,22-23,26-27H,6-8,10,17,20-21H2,1-5H3,(H,39,46)(H,40,42)(H,44,45)/b14-9-/t22-,23+,26-,27-,36+/m0/s1. The van der Waals surface area contributed by atoms with E-state index < -0.39 is 59.1 Å². The van der Waals surface area contributed by atoms with E-state index >= 15 is 0 Å². The topological polar surface area (TPSA) is 160 Å². The van der Waals surface area contributed by atoms with Gasteiger partial charge < -0.3 is 30.1 Å². The molecule has 3 amide bonds. The maximum atomic E-state index is 14.4. The number of allylic oxidation sites excluding steroid dienone is 1. The number of fused-ring (bicyclic) bond motifs is 2. The van der Waals surface area contributed by atoms with Gasteiger partial charge in [0.15, 0.2) is 0 Å². The summed E-state index contributed by atoms with van der Waals surface area (Å²) in [6, 6.07) is 9.20. The fraction of sp³-hybridized carbons (Fsp3) is 0.500. The lowest BCUT2D eigenvalue weighted by Crippen LogP contribution is -2.61. The molecule has 5 atom stereocenters. The summed E-state index contributed by atoms with van der Waals surface area (Å²) in [4.78, 5) is 65.8. The number of carbonyl (C=O) groups is 4. The van der Waals surface area contributed by atoms with Gasteiger partial charge in [-0.05, 0) is 70.5 Å². The molecule has 0 radical (unpaired) electrons. The number of thiophene rings is 1. The molecule has 0 unspecified atom stereocenters. The quantitative estimate of drug-likeness (QED) is 0.285. The van der Waals surface area contributed by atoms with Crippen LogP contribution in [0.4, 0.5) is 4.79 Å². The predicted molar refractivity (Wildman–Crippen MR) is 186 cm³/mol. The van der Waals surface area contributed by atoms with E-state index in [2.05, 4.69) is 10.6 Å². The van der Waals surface area contributed by atoms with Crippen LogP contribution in [0.25, 0.3) is 21.6 Å². The number of carboxylic acid groups (broad SMARTS) is 1. The minimum atomic E-state index is -1.65. The largest absolute Gasteiger partial charge is 0.479 e. The zero-order valence-electron chi connectivity index (χ0n) is 28.6. The Balaban J connectivity index is 1.50. The number of benzene rings is 1. The first kappa shape index (κ1) is 35.8. The summed E-state index contributed by atoms with van der Waals surface area (Å²) in [7, 11) is 0. The number of aliphatic carboxylic acids is 1. The summed E-state index contributed by atoms with van der Waals surface area (Å²) in [5.41, 5.74) is -0.573. The van der Waals surface area contributed by atoms with Crippen molar-refractivity contribution >= 4 is 46.2 Å². The number of amides is 3. The van der Waals surface area contributed by atoms with Crippen molar-refractivity contribution < 1.29 is 33.8 Å². The molecule has 4 heterocycles. The Bertz CT molecular complexity index is 1710. The highest BCUT2D eigenvalue weighted by atomic mass is 32.1. The Morgan fingerprint density at radius 1 is 1.08 bits per heavy atom. The number of alkyl carbamates (subject to hydrolysis) is 1. The molecule has 0 saturated carbocycles. The molecule has 3 N–H and O–H groups in total. The second-order valence-electron chi connectivity index (χ2n) is 13.9. The molecular formula is C36H45N5O7S. The SMILES string of the molecule is C[C@H]1/C=C\CCCCC[C@H](NC(=O)OC(C)(C)C)C(=O)N2C[C@H](Oc3nc4ccccc4nc3-c3cccs3)C[C@H]2C(=O)N[C@@]1(C)C(=O)O. The molecule has 49 heavy (non-hydrogen) atoms. The molecule has 2 aliphatic rings. The number of para-hydroxylation sites is 2. The molecular weight excluding hydrogens is 646 g/mol. The first-order chi connectivity index (χ1) is 23.2. The number of hydrogen-bond donors (Lipinski definition) is 3. The molecule has 2 aliphatic heterocycles. The first-order valence-electron chi connectivity index (χ1n) is 16.7. The normalized spacial score (nSPS) is 26.2. The van der Waals surface area contributed by atoms with Crippen LogP contribution in [0.3, 0.4) is 0 Å². The van der Waals surface area contributed by atoms with Gasteiger partial charge in [0.1, 0.15) is 35.0 Å². The van der Waals surface area contributed by atoms with Crippen LogP contribution in [0.5, 0.6) is 5.88 Å². The van der Waals surface area contributed by atoms with Crippen LogP contribution in [0.15, 0.2) is 53.9 Å². The fourth-order valence-corrected chi connectivity index (χ4v) is 6.77. The summed E-state index contributed by atoms with van der Waals surface area (Å²) in [5.74, 6) is -2.57. The Morgan fingerprint density at radius 3 is 2.49 bits per heavy atom. The third kappa shape index (κ3) is 8.56. The molecule has 12 nitrogen and oxygen atoms in total. The lowest BCUT2D eigenvalue weighted by molar-refractivity contribution is -0.150. The molecule has 1 fully saturated rings. The molecule has 0 spiro atoms. The molecule has 13 heteroatoms. The molecule has 262 valence electrons. The number of rotatable bonds is 5. The predicted octanol–water partition coefficient (Wildman–Crippen LogP) is 5.72. The molecule has 5 rings (SSSR count). The maximum absolute atomic E-state index is 14.4. The van der Waals surface area contributed by atoms with E-state index in [1.54, 1.807) is 27.7 Å². The van der Waals surface area contributed by atoms with Gasteiger partial charge in [0.05, 0.1) is 22.5 Å². The molecule has 3 aromatic rings. The van der Waals surface area contributed by atoms with Gasteiger partial charge in [-0.1, -0.05) is 50.1 Å². The smallest absolute Gasteiger partial charge is 0.408 e. The third-order valence-electron chi connectivity index (χ3n) is 8.94. The van der Waals surface area contributed by atoms with Crippen LogP contribution in [0.1, 0.15) is 73.1 Å². The summed E-state index contributed by atoms with van der Waals surface area (Å²) < 4.78 is 12.0. The number of nitrogens with zero attached hydrogens (tertiary/aromatic N) is 3. The van der Waals surface area contributed by atoms with Crippen molar-refractivity contribution in [1.29, 1.82) is 0 Å². The number of ether oxygens (including phenoxy) is 2. The van der Waals surface area contributed by atoms with Crippen molar-refractivity contribution in [3.63, 3.8) is 0 Å². The van der Waals surface area contributed by atoms with Crippen LogP contribution in [-0.2, 0) is 19.1 Å². The Kier molecular flexibility index (Phi) is 10.9. The summed E-state index contributed by atoms with van der Waals surface area (Å²) in [6.07, 6.45) is 5.67. The van der Waals surface area contributed by atoms with Crippen LogP contribution < -0.4 is 15.4 Å². The zero-order valence-corrected chi connectivity index (χ0v) is 29.4. The highest BCUT2D eigenvalue weighted by Crippen LogP contribution is 2.34. The average molecular weight is 692 g/mol. The van der Waals surface area contributed by atoms with Crippen molar-refractivity contribution in [2.45, 2.75) is 102 Å². The minimum absolute atomic E-state index is 0.00104. The van der Waals surface area contributed by atoms with Gasteiger partial charge in [0, 0.05) is 12.3 Å². The molecule has 0 aliphatic carbocycles. The van der Waals surface area contributed by atoms with Crippen molar-refractivity contribution in [2.75, 3.05) is 6.54 Å². The van der Waals surface area contributed by atoms with Crippen molar-refractivity contribution in [1.82, 2.24) is 25.5 Å². The van der Waals surface area contributed by atoms with E-state index in [0.717, 1.165) is 17.7 Å². The number of carboxylic acids is 1. The van der Waals surface area contributed by atoms with Gasteiger partial charge in [0.2, 0.25) is 17.7 Å². The summed E-state index contributed by atoms with van der Waals surface area (Å²) >= 11 is 1.48.